The number of hydrogen-bond acceptors (Lipinski definition) is 6. The number of aliphatic hydroxyl groups excluding tert-OH is 1. The van der Waals surface area contributed by atoms with Gasteiger partial charge in [0.15, 0.2) is 29.6 Å². The van der Waals surface area contributed by atoms with Crippen LogP contribution in [-0.2, 0) is 20.9 Å². The first-order valence-electron chi connectivity index (χ1n) is 17.7. The predicted octanol–water partition coefficient (Wildman–Crippen LogP) is 7.61. The lowest BCUT2D eigenvalue weighted by molar-refractivity contribution is -0.255. The second-order valence-corrected chi connectivity index (χ2v) is 15.0. The van der Waals surface area contributed by atoms with E-state index in [1.807, 2.05) is 45.0 Å². The van der Waals surface area contributed by atoms with Gasteiger partial charge < -0.3 is 25.2 Å². The second-order valence-electron chi connectivity index (χ2n) is 15.0. The number of halogens is 5. The molecule has 2 heterocycles. The van der Waals surface area contributed by atoms with E-state index in [4.69, 9.17) is 9.47 Å². The van der Waals surface area contributed by atoms with E-state index in [1.165, 1.54) is 18.6 Å². The molecule has 2 amide bonds. The zero-order valence-corrected chi connectivity index (χ0v) is 29.4. The maximum Gasteiger partial charge on any atom is 0.261 e. The van der Waals surface area contributed by atoms with Gasteiger partial charge in [-0.15, -0.1) is 0 Å². The summed E-state index contributed by atoms with van der Waals surface area (Å²) in [7, 11) is 0. The van der Waals surface area contributed by atoms with Gasteiger partial charge in [-0.05, 0) is 75.6 Å². The Hall–Kier alpha value is -3.91. The highest BCUT2D eigenvalue weighted by molar-refractivity contribution is 6.04. The lowest BCUT2D eigenvalue weighted by Gasteiger charge is -2.50. The predicted molar refractivity (Wildman–Crippen MR) is 182 cm³/mol. The fourth-order valence-corrected chi connectivity index (χ4v) is 7.72. The van der Waals surface area contributed by atoms with Crippen molar-refractivity contribution in [3.8, 4) is 0 Å². The molecule has 3 fully saturated rings. The van der Waals surface area contributed by atoms with Gasteiger partial charge >= 0.3 is 0 Å². The van der Waals surface area contributed by atoms with Crippen LogP contribution in [0.4, 0.5) is 27.6 Å². The summed E-state index contributed by atoms with van der Waals surface area (Å²) in [6.07, 6.45) is 4.96. The van der Waals surface area contributed by atoms with E-state index < -0.39 is 58.5 Å². The Morgan fingerprint density at radius 2 is 1.42 bits per heavy atom. The van der Waals surface area contributed by atoms with Crippen molar-refractivity contribution in [2.45, 2.75) is 108 Å². The van der Waals surface area contributed by atoms with Gasteiger partial charge in [0.2, 0.25) is 11.7 Å². The third-order valence-corrected chi connectivity index (χ3v) is 10.2. The van der Waals surface area contributed by atoms with Crippen molar-refractivity contribution >= 4 is 17.5 Å². The molecule has 8 nitrogen and oxygen atoms in total. The minimum Gasteiger partial charge on any atom is -0.392 e. The Bertz CT molecular complexity index is 1740. The molecule has 6 atom stereocenters. The number of aliphatic hydroxyl groups is 1. The lowest BCUT2D eigenvalue weighted by Crippen LogP contribution is -2.61. The third kappa shape index (κ3) is 8.17. The molecule has 2 aliphatic heterocycles. The van der Waals surface area contributed by atoms with Crippen molar-refractivity contribution in [2.24, 2.45) is 5.92 Å². The van der Waals surface area contributed by atoms with Crippen LogP contribution in [0, 0.1) is 35.0 Å². The summed E-state index contributed by atoms with van der Waals surface area (Å²) >= 11 is 0. The Kier molecular flexibility index (Phi) is 11.3. The van der Waals surface area contributed by atoms with Gasteiger partial charge in [0.1, 0.15) is 5.56 Å². The molecule has 1 saturated carbocycles. The van der Waals surface area contributed by atoms with E-state index in [0.29, 0.717) is 24.4 Å². The van der Waals surface area contributed by atoms with Gasteiger partial charge in [0.05, 0.1) is 24.9 Å². The summed E-state index contributed by atoms with van der Waals surface area (Å²) in [6.45, 7) is 6.29. The SMILES string of the molecule is CC(C)(C)NC(=O)C1CCC2CCCCC2N1CC1CC(c2ccc(CO)cc2)OC(c2ccc(NC(=O)c3c(F)c(F)c(F)c(F)c3F)cc2)O1. The molecule has 0 bridgehead atoms. The molecule has 280 valence electrons. The standard InChI is InChI=1S/C39H44F5N3O5/c1-39(2,3)46-36(49)28-17-14-22-6-4-5-7-27(22)47(28)19-26-18-29(23-10-8-21(20-48)9-11-23)52-38(51-26)24-12-15-25(16-13-24)45-37(50)30-31(40)33(42)35(44)34(43)32(30)41/h8-13,15-16,22,26-29,38,48H,4-7,14,17-20H2,1-3H3,(H,45,50)(H,46,49). The minimum absolute atomic E-state index is 0.000197. The number of hydrogen-bond donors (Lipinski definition) is 3. The molecule has 52 heavy (non-hydrogen) atoms. The van der Waals surface area contributed by atoms with E-state index in [-0.39, 0.29) is 36.4 Å². The highest BCUT2D eigenvalue weighted by Gasteiger charge is 2.44. The topological polar surface area (TPSA) is 100 Å². The number of likely N-dealkylation sites (tertiary alicyclic amines) is 1. The summed E-state index contributed by atoms with van der Waals surface area (Å²) in [6, 6.07) is 13.3. The maximum absolute atomic E-state index is 14.3. The number of piperidine rings is 1. The van der Waals surface area contributed by atoms with Crippen LogP contribution in [0.5, 0.6) is 0 Å². The Labute approximate surface area is 299 Å². The minimum atomic E-state index is -2.35. The van der Waals surface area contributed by atoms with Crippen molar-refractivity contribution in [1.82, 2.24) is 10.2 Å². The normalized spacial score (nSPS) is 25.3. The molecule has 6 unspecified atom stereocenters. The number of nitrogens with zero attached hydrogens (tertiary/aromatic N) is 1. The van der Waals surface area contributed by atoms with Crippen molar-refractivity contribution in [1.29, 1.82) is 0 Å². The average Bonchev–Trinajstić information content (AvgIpc) is 3.13. The summed E-state index contributed by atoms with van der Waals surface area (Å²) in [5.74, 6) is -12.3. The van der Waals surface area contributed by atoms with Crippen LogP contribution in [0.3, 0.4) is 0 Å². The lowest BCUT2D eigenvalue weighted by atomic mass is 9.75. The molecule has 6 rings (SSSR count). The highest BCUT2D eigenvalue weighted by Crippen LogP contribution is 2.42. The first kappa shape index (κ1) is 37.8. The quantitative estimate of drug-likeness (QED) is 0.126. The molecular weight excluding hydrogens is 685 g/mol. The molecule has 3 aromatic rings. The van der Waals surface area contributed by atoms with Crippen LogP contribution >= 0.6 is 0 Å². The number of benzene rings is 3. The first-order valence-corrected chi connectivity index (χ1v) is 17.7. The molecule has 0 aromatic heterocycles. The van der Waals surface area contributed by atoms with E-state index in [2.05, 4.69) is 15.5 Å². The number of rotatable bonds is 8. The molecule has 0 spiro atoms. The zero-order valence-electron chi connectivity index (χ0n) is 29.4. The first-order chi connectivity index (χ1) is 24.7. The van der Waals surface area contributed by atoms with Crippen molar-refractivity contribution < 1.29 is 46.1 Å². The van der Waals surface area contributed by atoms with Crippen LogP contribution in [-0.4, -0.2) is 52.1 Å². The largest absolute Gasteiger partial charge is 0.392 e. The van der Waals surface area contributed by atoms with Crippen LogP contribution in [0.15, 0.2) is 48.5 Å². The molecular formula is C39H44F5N3O5. The molecule has 0 radical (unpaired) electrons. The summed E-state index contributed by atoms with van der Waals surface area (Å²) in [5, 5.41) is 15.0. The molecule has 2 saturated heterocycles. The van der Waals surface area contributed by atoms with Gasteiger partial charge in [-0.1, -0.05) is 49.2 Å². The van der Waals surface area contributed by atoms with Crippen molar-refractivity contribution in [2.75, 3.05) is 11.9 Å². The fraction of sp³-hybridized carbons (Fsp3) is 0.487. The van der Waals surface area contributed by atoms with E-state index in [0.717, 1.165) is 43.2 Å². The van der Waals surface area contributed by atoms with Crippen molar-refractivity contribution in [3.63, 3.8) is 0 Å². The molecule has 1 aliphatic carbocycles. The van der Waals surface area contributed by atoms with Gasteiger partial charge in [0, 0.05) is 35.8 Å². The number of amides is 2. The average molecular weight is 730 g/mol. The number of carbonyl (C=O) groups excluding carboxylic acids is 2. The molecule has 3 N–H and O–H groups in total. The molecule has 13 heteroatoms. The Balaban J connectivity index is 1.25. The number of nitrogens with one attached hydrogen (secondary N) is 2. The van der Waals surface area contributed by atoms with E-state index in [9.17, 15) is 36.6 Å². The number of carbonyl (C=O) groups is 2. The second kappa shape index (κ2) is 15.6. The van der Waals surface area contributed by atoms with Gasteiger partial charge in [-0.2, -0.15) is 0 Å². The molecule has 3 aromatic carbocycles. The Morgan fingerprint density at radius 1 is 0.808 bits per heavy atom. The molecule has 3 aliphatic rings. The van der Waals surface area contributed by atoms with Gasteiger partial charge in [-0.3, -0.25) is 14.5 Å². The van der Waals surface area contributed by atoms with Crippen LogP contribution in [0.25, 0.3) is 0 Å². The van der Waals surface area contributed by atoms with E-state index >= 15 is 0 Å². The van der Waals surface area contributed by atoms with Crippen molar-refractivity contribution in [3.05, 3.63) is 99.9 Å². The summed E-state index contributed by atoms with van der Waals surface area (Å²) in [4.78, 5) is 28.7. The van der Waals surface area contributed by atoms with Crippen LogP contribution < -0.4 is 10.6 Å². The maximum atomic E-state index is 14.3. The Morgan fingerprint density at radius 3 is 2.06 bits per heavy atom. The van der Waals surface area contributed by atoms with Gasteiger partial charge in [-0.25, -0.2) is 22.0 Å². The van der Waals surface area contributed by atoms with Crippen LogP contribution in [0.1, 0.15) is 105 Å². The monoisotopic (exact) mass is 729 g/mol. The number of ether oxygens (including phenoxy) is 2. The smallest absolute Gasteiger partial charge is 0.261 e. The highest BCUT2D eigenvalue weighted by atomic mass is 19.2. The zero-order chi connectivity index (χ0) is 37.3. The third-order valence-electron chi connectivity index (χ3n) is 10.2. The summed E-state index contributed by atoms with van der Waals surface area (Å²) in [5.41, 5.74) is 0.218. The number of fused-ring (bicyclic) bond motifs is 1. The fourth-order valence-electron chi connectivity index (χ4n) is 7.72. The van der Waals surface area contributed by atoms with Gasteiger partial charge in [0.25, 0.3) is 5.91 Å². The summed E-state index contributed by atoms with van der Waals surface area (Å²) < 4.78 is 82.6. The van der Waals surface area contributed by atoms with E-state index in [1.54, 1.807) is 12.1 Å². The number of anilines is 1. The van der Waals surface area contributed by atoms with Crippen LogP contribution in [0.2, 0.25) is 0 Å².